The molecule has 0 aliphatic heterocycles. The van der Waals surface area contributed by atoms with Gasteiger partial charge in [0, 0.05) is 25.5 Å². The fraction of sp³-hybridized carbons (Fsp3) is 0.333. The molecule has 110 valence electrons. The van der Waals surface area contributed by atoms with Crippen molar-refractivity contribution >= 4 is 26.7 Å². The summed E-state index contributed by atoms with van der Waals surface area (Å²) in [7, 11) is 0. The van der Waals surface area contributed by atoms with Crippen molar-refractivity contribution in [3.63, 3.8) is 0 Å². The molecule has 1 aromatic carbocycles. The molecule has 1 N–H and O–H groups in total. The quantitative estimate of drug-likeness (QED) is 0.680. The van der Waals surface area contributed by atoms with Crippen molar-refractivity contribution in [3.8, 4) is 5.75 Å². The van der Waals surface area contributed by atoms with Crippen molar-refractivity contribution < 1.29 is 4.74 Å². The van der Waals surface area contributed by atoms with Crippen LogP contribution in [-0.2, 0) is 6.54 Å². The molecule has 21 heavy (non-hydrogen) atoms. The second-order valence-corrected chi connectivity index (χ2v) is 5.69. The number of nitrogens with one attached hydrogen (secondary N) is 1. The number of hydrogen-bond donors (Lipinski definition) is 1. The topological polar surface area (TPSA) is 52.0 Å². The van der Waals surface area contributed by atoms with Crippen molar-refractivity contribution in [2.75, 3.05) is 18.5 Å². The zero-order chi connectivity index (χ0) is 14.5. The number of ether oxygens (including phenoxy) is 1. The number of hydrogen-bond acceptors (Lipinski definition) is 5. The van der Waals surface area contributed by atoms with E-state index in [1.165, 1.54) is 0 Å². The Morgan fingerprint density at radius 3 is 3.14 bits per heavy atom. The van der Waals surface area contributed by atoms with Gasteiger partial charge in [0.25, 0.3) is 0 Å². The van der Waals surface area contributed by atoms with Crippen LogP contribution in [0.25, 0.3) is 10.2 Å². The van der Waals surface area contributed by atoms with Crippen LogP contribution in [0.2, 0.25) is 0 Å². The average Bonchev–Trinajstić information content (AvgIpc) is 3.12. The van der Waals surface area contributed by atoms with Crippen molar-refractivity contribution in [2.24, 2.45) is 0 Å². The maximum absolute atomic E-state index is 5.51. The second kappa shape index (κ2) is 6.58. The Kier molecular flexibility index (Phi) is 4.35. The van der Waals surface area contributed by atoms with Crippen LogP contribution in [0.1, 0.15) is 13.3 Å². The minimum absolute atomic E-state index is 0.684. The number of nitrogens with zero attached hydrogens (tertiary/aromatic N) is 3. The molecule has 0 fully saturated rings. The summed E-state index contributed by atoms with van der Waals surface area (Å²) in [5.74, 6) is 0.903. The SMILES string of the molecule is CCOc1ccc2nc(NCCCn3ccnc3)sc2c1. The van der Waals surface area contributed by atoms with E-state index in [-0.39, 0.29) is 0 Å². The Morgan fingerprint density at radius 1 is 1.38 bits per heavy atom. The van der Waals surface area contributed by atoms with Crippen LogP contribution in [0.4, 0.5) is 5.13 Å². The van der Waals surface area contributed by atoms with E-state index >= 15 is 0 Å². The lowest BCUT2D eigenvalue weighted by Crippen LogP contribution is -2.05. The van der Waals surface area contributed by atoms with E-state index in [4.69, 9.17) is 4.74 Å². The molecular weight excluding hydrogens is 284 g/mol. The first kappa shape index (κ1) is 13.9. The molecule has 2 aromatic heterocycles. The van der Waals surface area contributed by atoms with Crippen LogP contribution in [0.5, 0.6) is 5.75 Å². The molecule has 6 heteroatoms. The lowest BCUT2D eigenvalue weighted by atomic mass is 10.3. The highest BCUT2D eigenvalue weighted by molar-refractivity contribution is 7.22. The summed E-state index contributed by atoms with van der Waals surface area (Å²) in [6, 6.07) is 6.02. The molecule has 0 saturated heterocycles. The number of imidazole rings is 1. The molecule has 3 aromatic rings. The Bertz CT molecular complexity index is 693. The van der Waals surface area contributed by atoms with Crippen molar-refractivity contribution in [1.29, 1.82) is 0 Å². The van der Waals surface area contributed by atoms with Crippen LogP contribution < -0.4 is 10.1 Å². The van der Waals surface area contributed by atoms with Gasteiger partial charge in [0.05, 0.1) is 23.2 Å². The summed E-state index contributed by atoms with van der Waals surface area (Å²) in [5, 5.41) is 4.34. The first-order valence-electron chi connectivity index (χ1n) is 7.08. The zero-order valence-electron chi connectivity index (χ0n) is 12.0. The lowest BCUT2D eigenvalue weighted by Gasteiger charge is -2.03. The summed E-state index contributed by atoms with van der Waals surface area (Å²) >= 11 is 1.66. The van der Waals surface area contributed by atoms with Crippen LogP contribution in [0, 0.1) is 0 Å². The van der Waals surface area contributed by atoms with Gasteiger partial charge in [-0.05, 0) is 31.5 Å². The molecular formula is C15H18N4OS. The number of anilines is 1. The third kappa shape index (κ3) is 3.52. The minimum atomic E-state index is 0.684. The van der Waals surface area contributed by atoms with Gasteiger partial charge in [-0.3, -0.25) is 0 Å². The van der Waals surface area contributed by atoms with Gasteiger partial charge in [0.15, 0.2) is 5.13 Å². The van der Waals surface area contributed by atoms with Gasteiger partial charge in [-0.25, -0.2) is 9.97 Å². The monoisotopic (exact) mass is 302 g/mol. The van der Waals surface area contributed by atoms with Crippen LogP contribution in [0.3, 0.4) is 0 Å². The van der Waals surface area contributed by atoms with Crippen molar-refractivity contribution in [1.82, 2.24) is 14.5 Å². The molecule has 0 unspecified atom stereocenters. The van der Waals surface area contributed by atoms with Crippen LogP contribution in [0.15, 0.2) is 36.9 Å². The highest BCUT2D eigenvalue weighted by atomic mass is 32.1. The summed E-state index contributed by atoms with van der Waals surface area (Å²) in [6.07, 6.45) is 6.66. The number of benzene rings is 1. The van der Waals surface area contributed by atoms with E-state index in [9.17, 15) is 0 Å². The standard InChI is InChI=1S/C15H18N4OS/c1-2-20-12-4-5-13-14(10-12)21-15(18-13)17-6-3-8-19-9-7-16-11-19/h4-5,7,9-11H,2-3,6,8H2,1H3,(H,17,18). The normalized spacial score (nSPS) is 10.9. The third-order valence-electron chi connectivity index (χ3n) is 3.10. The Morgan fingerprint density at radius 2 is 2.33 bits per heavy atom. The summed E-state index contributed by atoms with van der Waals surface area (Å²) < 4.78 is 8.74. The van der Waals surface area contributed by atoms with Gasteiger partial charge in [-0.1, -0.05) is 11.3 Å². The number of rotatable bonds is 7. The number of aryl methyl sites for hydroxylation is 1. The maximum Gasteiger partial charge on any atom is 0.183 e. The molecule has 0 atom stereocenters. The molecule has 0 amide bonds. The van der Waals surface area contributed by atoms with Crippen LogP contribution >= 0.6 is 11.3 Å². The maximum atomic E-state index is 5.51. The van der Waals surface area contributed by atoms with Crippen molar-refractivity contribution in [3.05, 3.63) is 36.9 Å². The third-order valence-corrected chi connectivity index (χ3v) is 4.08. The van der Waals surface area contributed by atoms with Gasteiger partial charge >= 0.3 is 0 Å². The highest BCUT2D eigenvalue weighted by Gasteiger charge is 2.04. The lowest BCUT2D eigenvalue weighted by molar-refractivity contribution is 0.341. The summed E-state index contributed by atoms with van der Waals surface area (Å²) in [6.45, 7) is 4.54. The first-order valence-corrected chi connectivity index (χ1v) is 7.90. The molecule has 2 heterocycles. The summed E-state index contributed by atoms with van der Waals surface area (Å²) in [4.78, 5) is 8.61. The fourth-order valence-electron chi connectivity index (χ4n) is 2.11. The number of thiazole rings is 1. The highest BCUT2D eigenvalue weighted by Crippen LogP contribution is 2.29. The first-order chi connectivity index (χ1) is 10.3. The van der Waals surface area contributed by atoms with Gasteiger partial charge in [-0.2, -0.15) is 0 Å². The van der Waals surface area contributed by atoms with E-state index in [0.29, 0.717) is 6.61 Å². The van der Waals surface area contributed by atoms with E-state index in [2.05, 4.69) is 19.9 Å². The average molecular weight is 302 g/mol. The molecule has 5 nitrogen and oxygen atoms in total. The predicted molar refractivity (Wildman–Crippen MR) is 86.1 cm³/mol. The molecule has 0 spiro atoms. The number of aromatic nitrogens is 3. The van der Waals surface area contributed by atoms with E-state index in [0.717, 1.165) is 40.6 Å². The van der Waals surface area contributed by atoms with Gasteiger partial charge < -0.3 is 14.6 Å². The fourth-order valence-corrected chi connectivity index (χ4v) is 3.03. The minimum Gasteiger partial charge on any atom is -0.494 e. The van der Waals surface area contributed by atoms with E-state index < -0.39 is 0 Å². The molecule has 0 radical (unpaired) electrons. The Hall–Kier alpha value is -2.08. The smallest absolute Gasteiger partial charge is 0.183 e. The molecule has 0 aliphatic carbocycles. The summed E-state index contributed by atoms with van der Waals surface area (Å²) in [5.41, 5.74) is 1.01. The van der Waals surface area contributed by atoms with Gasteiger partial charge in [-0.15, -0.1) is 0 Å². The molecule has 0 bridgehead atoms. The van der Waals surface area contributed by atoms with Crippen LogP contribution in [-0.4, -0.2) is 27.7 Å². The largest absolute Gasteiger partial charge is 0.494 e. The predicted octanol–water partition coefficient (Wildman–Crippen LogP) is 3.39. The molecule has 0 aliphatic rings. The van der Waals surface area contributed by atoms with Gasteiger partial charge in [0.1, 0.15) is 5.75 Å². The van der Waals surface area contributed by atoms with E-state index in [1.54, 1.807) is 17.5 Å². The molecule has 0 saturated carbocycles. The Labute approximate surface area is 127 Å². The van der Waals surface area contributed by atoms with Crippen molar-refractivity contribution in [2.45, 2.75) is 19.9 Å². The molecule has 3 rings (SSSR count). The van der Waals surface area contributed by atoms with E-state index in [1.807, 2.05) is 37.6 Å². The number of fused-ring (bicyclic) bond motifs is 1. The Balaban J connectivity index is 1.56. The second-order valence-electron chi connectivity index (χ2n) is 4.66. The van der Waals surface area contributed by atoms with Gasteiger partial charge in [0.2, 0.25) is 0 Å². The zero-order valence-corrected chi connectivity index (χ0v) is 12.8.